The van der Waals surface area contributed by atoms with Gasteiger partial charge in [0.05, 0.1) is 4.90 Å². The summed E-state index contributed by atoms with van der Waals surface area (Å²) in [4.78, 5) is 15.7. The third kappa shape index (κ3) is 4.68. The van der Waals surface area contributed by atoms with Gasteiger partial charge in [0.15, 0.2) is 11.6 Å². The second kappa shape index (κ2) is 8.13. The number of aromatic nitrogens is 1. The van der Waals surface area contributed by atoms with Crippen LogP contribution in [0.1, 0.15) is 15.9 Å². The minimum absolute atomic E-state index is 0.175. The van der Waals surface area contributed by atoms with Crippen LogP contribution >= 0.6 is 0 Å². The molecule has 0 spiro atoms. The third-order valence-electron chi connectivity index (χ3n) is 3.78. The van der Waals surface area contributed by atoms with Crippen LogP contribution in [0.5, 0.6) is 0 Å². The van der Waals surface area contributed by atoms with E-state index >= 15 is 0 Å². The Balaban J connectivity index is 1.66. The summed E-state index contributed by atoms with van der Waals surface area (Å²) in [6, 6.07) is 11.6. The number of nitrogens with one attached hydrogen (secondary N) is 2. The van der Waals surface area contributed by atoms with Gasteiger partial charge in [-0.05, 0) is 54.1 Å². The molecule has 3 rings (SSSR count). The van der Waals surface area contributed by atoms with Gasteiger partial charge in [0.2, 0.25) is 0 Å². The van der Waals surface area contributed by atoms with Crippen molar-refractivity contribution in [3.8, 4) is 0 Å². The van der Waals surface area contributed by atoms with E-state index < -0.39 is 26.6 Å². The van der Waals surface area contributed by atoms with Crippen molar-refractivity contribution < 1.29 is 22.0 Å². The SMILES string of the molecule is O=C(NCc1cccnc1)c1ccc(NS(=O)(=O)c2ccc(F)c(F)c2)cc1. The Morgan fingerprint density at radius 1 is 1.00 bits per heavy atom. The van der Waals surface area contributed by atoms with Crippen LogP contribution in [0.2, 0.25) is 0 Å². The number of sulfonamides is 1. The molecule has 1 amide bonds. The summed E-state index contributed by atoms with van der Waals surface area (Å²) in [6.45, 7) is 0.303. The Morgan fingerprint density at radius 3 is 2.39 bits per heavy atom. The summed E-state index contributed by atoms with van der Waals surface area (Å²) in [5.41, 5.74) is 1.35. The molecule has 144 valence electrons. The molecule has 0 radical (unpaired) electrons. The number of nitrogens with zero attached hydrogens (tertiary/aromatic N) is 1. The summed E-state index contributed by atoms with van der Waals surface area (Å²) in [5, 5.41) is 2.73. The van der Waals surface area contributed by atoms with Crippen molar-refractivity contribution in [2.45, 2.75) is 11.4 Å². The van der Waals surface area contributed by atoms with Crippen molar-refractivity contribution in [3.05, 3.63) is 89.8 Å². The molecule has 0 saturated carbocycles. The fourth-order valence-corrected chi connectivity index (χ4v) is 3.40. The summed E-state index contributed by atoms with van der Waals surface area (Å²) < 4.78 is 53.0. The van der Waals surface area contributed by atoms with Crippen molar-refractivity contribution in [2.24, 2.45) is 0 Å². The van der Waals surface area contributed by atoms with Gasteiger partial charge in [-0.1, -0.05) is 6.07 Å². The number of hydrogen-bond donors (Lipinski definition) is 2. The average Bonchev–Trinajstić information content (AvgIpc) is 2.69. The largest absolute Gasteiger partial charge is 0.348 e. The van der Waals surface area contributed by atoms with Crippen molar-refractivity contribution in [3.63, 3.8) is 0 Å². The molecule has 0 bridgehead atoms. The fourth-order valence-electron chi connectivity index (χ4n) is 2.33. The number of anilines is 1. The van der Waals surface area contributed by atoms with Crippen LogP contribution in [-0.4, -0.2) is 19.3 Å². The number of rotatable bonds is 6. The van der Waals surface area contributed by atoms with Crippen LogP contribution in [0.25, 0.3) is 0 Å². The summed E-state index contributed by atoms with van der Waals surface area (Å²) >= 11 is 0. The molecule has 0 saturated heterocycles. The molecule has 9 heteroatoms. The molecule has 1 heterocycles. The van der Waals surface area contributed by atoms with E-state index in [2.05, 4.69) is 15.0 Å². The zero-order valence-corrected chi connectivity index (χ0v) is 15.2. The van der Waals surface area contributed by atoms with E-state index in [0.717, 1.165) is 17.7 Å². The molecular weight excluding hydrogens is 388 g/mol. The molecule has 0 aliphatic rings. The molecule has 2 N–H and O–H groups in total. The first kappa shape index (κ1) is 19.4. The minimum Gasteiger partial charge on any atom is -0.348 e. The number of benzene rings is 2. The highest BCUT2D eigenvalue weighted by molar-refractivity contribution is 7.92. The van der Waals surface area contributed by atoms with E-state index in [9.17, 15) is 22.0 Å². The van der Waals surface area contributed by atoms with Gasteiger partial charge in [-0.2, -0.15) is 0 Å². The standard InChI is InChI=1S/C19H15F2N3O3S/c20-17-8-7-16(10-18(17)21)28(26,27)24-15-5-3-14(4-6-15)19(25)23-12-13-2-1-9-22-11-13/h1-11,24H,12H2,(H,23,25). The van der Waals surface area contributed by atoms with E-state index in [1.807, 2.05) is 6.07 Å². The minimum atomic E-state index is -4.10. The quantitative estimate of drug-likeness (QED) is 0.662. The first-order chi connectivity index (χ1) is 13.3. The fraction of sp³-hybridized carbons (Fsp3) is 0.0526. The first-order valence-electron chi connectivity index (χ1n) is 8.10. The molecule has 6 nitrogen and oxygen atoms in total. The molecule has 0 aliphatic heterocycles. The van der Waals surface area contributed by atoms with E-state index in [0.29, 0.717) is 18.2 Å². The Labute approximate surface area is 160 Å². The third-order valence-corrected chi connectivity index (χ3v) is 5.16. The second-order valence-corrected chi connectivity index (χ2v) is 7.49. The van der Waals surface area contributed by atoms with Crippen LogP contribution < -0.4 is 10.0 Å². The molecule has 3 aromatic rings. The number of carbonyl (C=O) groups excluding carboxylic acids is 1. The summed E-state index contributed by atoms with van der Waals surface area (Å²) in [5.74, 6) is -2.73. The van der Waals surface area contributed by atoms with Gasteiger partial charge < -0.3 is 5.32 Å². The number of pyridine rings is 1. The van der Waals surface area contributed by atoms with Gasteiger partial charge in [-0.15, -0.1) is 0 Å². The lowest BCUT2D eigenvalue weighted by molar-refractivity contribution is 0.0951. The highest BCUT2D eigenvalue weighted by Gasteiger charge is 2.17. The number of carbonyl (C=O) groups is 1. The van der Waals surface area contributed by atoms with Gasteiger partial charge in [0.1, 0.15) is 0 Å². The highest BCUT2D eigenvalue weighted by Crippen LogP contribution is 2.18. The first-order valence-corrected chi connectivity index (χ1v) is 9.58. The topological polar surface area (TPSA) is 88.2 Å². The van der Waals surface area contributed by atoms with Crippen molar-refractivity contribution in [1.29, 1.82) is 0 Å². The predicted molar refractivity (Wildman–Crippen MR) is 99.0 cm³/mol. The van der Waals surface area contributed by atoms with Gasteiger partial charge >= 0.3 is 0 Å². The van der Waals surface area contributed by atoms with Gasteiger partial charge in [-0.25, -0.2) is 17.2 Å². The Hall–Kier alpha value is -3.33. The monoisotopic (exact) mass is 403 g/mol. The molecule has 28 heavy (non-hydrogen) atoms. The van der Waals surface area contributed by atoms with E-state index in [1.54, 1.807) is 18.5 Å². The van der Waals surface area contributed by atoms with Crippen LogP contribution in [0.15, 0.2) is 71.9 Å². The molecule has 1 aromatic heterocycles. The molecule has 0 atom stereocenters. The maximum absolute atomic E-state index is 13.3. The molecule has 0 aliphatic carbocycles. The van der Waals surface area contributed by atoms with Crippen molar-refractivity contribution in [1.82, 2.24) is 10.3 Å². The smallest absolute Gasteiger partial charge is 0.261 e. The Morgan fingerprint density at radius 2 is 1.75 bits per heavy atom. The maximum Gasteiger partial charge on any atom is 0.261 e. The van der Waals surface area contributed by atoms with Gasteiger partial charge in [-0.3, -0.25) is 14.5 Å². The lowest BCUT2D eigenvalue weighted by Gasteiger charge is -2.09. The van der Waals surface area contributed by atoms with Gasteiger partial charge in [0, 0.05) is 30.2 Å². The normalized spacial score (nSPS) is 11.1. The van der Waals surface area contributed by atoms with E-state index in [-0.39, 0.29) is 11.6 Å². The molecular formula is C19H15F2N3O3S. The van der Waals surface area contributed by atoms with Crippen LogP contribution in [0, 0.1) is 11.6 Å². The summed E-state index contributed by atoms with van der Waals surface area (Å²) in [7, 11) is -4.10. The number of amides is 1. The average molecular weight is 403 g/mol. The van der Waals surface area contributed by atoms with Crippen molar-refractivity contribution in [2.75, 3.05) is 4.72 Å². The Kier molecular flexibility index (Phi) is 5.65. The Bertz CT molecular complexity index is 1090. The zero-order valence-electron chi connectivity index (χ0n) is 14.4. The van der Waals surface area contributed by atoms with E-state index in [1.165, 1.54) is 24.3 Å². The van der Waals surface area contributed by atoms with Gasteiger partial charge in [0.25, 0.3) is 15.9 Å². The lowest BCUT2D eigenvalue weighted by Crippen LogP contribution is -2.22. The summed E-state index contributed by atoms with van der Waals surface area (Å²) in [6.07, 6.45) is 3.27. The van der Waals surface area contributed by atoms with Crippen LogP contribution in [0.3, 0.4) is 0 Å². The van der Waals surface area contributed by atoms with Crippen molar-refractivity contribution >= 4 is 21.6 Å². The van der Waals surface area contributed by atoms with Crippen LogP contribution in [0.4, 0.5) is 14.5 Å². The zero-order chi connectivity index (χ0) is 20.1. The highest BCUT2D eigenvalue weighted by atomic mass is 32.2. The predicted octanol–water partition coefficient (Wildman–Crippen LogP) is 3.09. The molecule has 2 aromatic carbocycles. The number of halogens is 2. The second-order valence-electron chi connectivity index (χ2n) is 5.80. The lowest BCUT2D eigenvalue weighted by atomic mass is 10.2. The molecule has 0 unspecified atom stereocenters. The molecule has 0 fully saturated rings. The van der Waals surface area contributed by atoms with E-state index in [4.69, 9.17) is 0 Å². The number of hydrogen-bond acceptors (Lipinski definition) is 4. The maximum atomic E-state index is 13.3. The van der Waals surface area contributed by atoms with Crippen LogP contribution in [-0.2, 0) is 16.6 Å².